The average Bonchev–Trinajstić information content (AvgIpc) is 2.83. The molecule has 0 amide bonds. The van der Waals surface area contributed by atoms with Gasteiger partial charge >= 0.3 is 23.6 Å². The van der Waals surface area contributed by atoms with Gasteiger partial charge in [0, 0.05) is 12.1 Å². The highest BCUT2D eigenvalue weighted by Crippen LogP contribution is 2.30. The molecule has 186 valence electrons. The third kappa shape index (κ3) is 7.05. The third-order valence-corrected chi connectivity index (χ3v) is 4.20. The fraction of sp³-hybridized carbons (Fsp3) is 0.190. The van der Waals surface area contributed by atoms with E-state index in [1.165, 1.54) is 19.1 Å². The van der Waals surface area contributed by atoms with Crippen molar-refractivity contribution in [3.8, 4) is 0 Å². The van der Waals surface area contributed by atoms with Crippen molar-refractivity contribution in [2.24, 2.45) is 0 Å². The number of aliphatic hydroxyl groups is 1. The number of methoxy groups -OCH3 is 3. The van der Waals surface area contributed by atoms with Gasteiger partial charge in [0.05, 0.1) is 47.9 Å². The van der Waals surface area contributed by atoms with E-state index in [0.29, 0.717) is 0 Å². The number of esters is 3. The maximum absolute atomic E-state index is 12.8. The number of nitrogens with zero attached hydrogens (tertiary/aromatic N) is 2. The first-order valence-electron chi connectivity index (χ1n) is 9.27. The largest absolute Gasteiger partial charge is 0.512 e. The second-order valence-electron chi connectivity index (χ2n) is 6.35. The predicted octanol–water partition coefficient (Wildman–Crippen LogP) is 3.36. The number of hydrogen-bond donors (Lipinski definition) is 1. The van der Waals surface area contributed by atoms with Gasteiger partial charge in [0.1, 0.15) is 11.3 Å². The molecule has 2 aromatic carbocycles. The molecule has 0 aliphatic rings. The van der Waals surface area contributed by atoms with Gasteiger partial charge in [-0.3, -0.25) is 20.2 Å². The number of allylic oxidation sites excluding steroid dienone is 1. The highest BCUT2D eigenvalue weighted by atomic mass is 19.1. The molecule has 0 saturated carbocycles. The molecule has 14 heteroatoms. The minimum absolute atomic E-state index is 0.0484. The molecular weight excluding hydrogens is 475 g/mol. The lowest BCUT2D eigenvalue weighted by molar-refractivity contribution is -0.387. The van der Waals surface area contributed by atoms with E-state index in [2.05, 4.69) is 14.2 Å². The summed E-state index contributed by atoms with van der Waals surface area (Å²) in [5.74, 6) is -3.84. The van der Waals surface area contributed by atoms with Crippen molar-refractivity contribution >= 4 is 34.9 Å². The molecule has 0 aliphatic carbocycles. The van der Waals surface area contributed by atoms with Crippen molar-refractivity contribution in [2.75, 3.05) is 21.3 Å². The number of hydrogen-bond acceptors (Lipinski definition) is 11. The van der Waals surface area contributed by atoms with Crippen molar-refractivity contribution in [1.82, 2.24) is 0 Å². The number of halogens is 1. The third-order valence-electron chi connectivity index (χ3n) is 4.20. The lowest BCUT2D eigenvalue weighted by Gasteiger charge is -2.08. The van der Waals surface area contributed by atoms with Gasteiger partial charge in [-0.2, -0.15) is 4.39 Å². The van der Waals surface area contributed by atoms with Crippen LogP contribution in [-0.4, -0.2) is 54.2 Å². The number of benzene rings is 2. The van der Waals surface area contributed by atoms with Crippen LogP contribution in [0.25, 0.3) is 5.57 Å². The van der Waals surface area contributed by atoms with Gasteiger partial charge in [-0.1, -0.05) is 0 Å². The molecule has 1 N–H and O–H groups in total. The van der Waals surface area contributed by atoms with Crippen molar-refractivity contribution in [3.05, 3.63) is 84.9 Å². The Hall–Kier alpha value is -4.88. The minimum Gasteiger partial charge on any atom is -0.512 e. The molecule has 0 aliphatic heterocycles. The molecule has 13 nitrogen and oxygen atoms in total. The van der Waals surface area contributed by atoms with Crippen LogP contribution >= 0.6 is 0 Å². The average molecular weight is 494 g/mol. The maximum Gasteiger partial charge on any atom is 0.342 e. The summed E-state index contributed by atoms with van der Waals surface area (Å²) in [7, 11) is 3.36. The zero-order valence-electron chi connectivity index (χ0n) is 18.8. The summed E-state index contributed by atoms with van der Waals surface area (Å²) in [5.41, 5.74) is -1.87. The number of aliphatic hydroxyl groups excluding tert-OH is 1. The summed E-state index contributed by atoms with van der Waals surface area (Å²) < 4.78 is 26.1. The Morgan fingerprint density at radius 2 is 1.29 bits per heavy atom. The summed E-state index contributed by atoms with van der Waals surface area (Å²) in [6.45, 7) is 1.20. The fourth-order valence-electron chi connectivity index (χ4n) is 2.59. The van der Waals surface area contributed by atoms with Gasteiger partial charge < -0.3 is 19.3 Å². The molecule has 0 unspecified atom stereocenters. The second-order valence-corrected chi connectivity index (χ2v) is 6.35. The Morgan fingerprint density at radius 1 is 0.829 bits per heavy atom. The number of ether oxygens (including phenoxy) is 3. The first-order chi connectivity index (χ1) is 16.4. The zero-order chi connectivity index (χ0) is 26.9. The summed E-state index contributed by atoms with van der Waals surface area (Å²) in [4.78, 5) is 53.7. The van der Waals surface area contributed by atoms with Crippen LogP contribution in [0.2, 0.25) is 0 Å². The molecule has 0 atom stereocenters. The van der Waals surface area contributed by atoms with E-state index in [-0.39, 0.29) is 22.3 Å². The second kappa shape index (κ2) is 12.4. The SMILES string of the molecule is COC(=O)/C(=C(/C)O)c1ccc(C(=O)OC)cc1[N+](=O)[O-].COC(=O)c1ccc(F)c([N+](=O)[O-])c1. The first kappa shape index (κ1) is 28.2. The van der Waals surface area contributed by atoms with Crippen molar-refractivity contribution in [1.29, 1.82) is 0 Å². The van der Waals surface area contributed by atoms with Gasteiger partial charge in [-0.25, -0.2) is 14.4 Å². The minimum atomic E-state index is -0.984. The van der Waals surface area contributed by atoms with Crippen molar-refractivity contribution < 1.29 is 47.9 Å². The summed E-state index contributed by atoms with van der Waals surface area (Å²) in [5, 5.41) is 31.0. The lowest BCUT2D eigenvalue weighted by atomic mass is 10.0. The van der Waals surface area contributed by atoms with Gasteiger partial charge in [0.2, 0.25) is 5.82 Å². The molecule has 0 spiro atoms. The molecule has 0 radical (unpaired) electrons. The highest BCUT2D eigenvalue weighted by molar-refractivity contribution is 6.18. The van der Waals surface area contributed by atoms with Crippen LogP contribution in [0.15, 0.2) is 42.2 Å². The van der Waals surface area contributed by atoms with Gasteiger partial charge in [0.25, 0.3) is 5.69 Å². The molecule has 0 heterocycles. The van der Waals surface area contributed by atoms with Crippen LogP contribution in [-0.2, 0) is 19.0 Å². The van der Waals surface area contributed by atoms with E-state index in [1.54, 1.807) is 0 Å². The van der Waals surface area contributed by atoms with Gasteiger partial charge in [-0.15, -0.1) is 0 Å². The Labute approximate surface area is 196 Å². The predicted molar refractivity (Wildman–Crippen MR) is 116 cm³/mol. The summed E-state index contributed by atoms with van der Waals surface area (Å²) >= 11 is 0. The summed E-state index contributed by atoms with van der Waals surface area (Å²) in [6.07, 6.45) is 0. The van der Waals surface area contributed by atoms with Crippen LogP contribution < -0.4 is 0 Å². The molecule has 35 heavy (non-hydrogen) atoms. The number of carbonyl (C=O) groups is 3. The van der Waals surface area contributed by atoms with Crippen molar-refractivity contribution in [3.63, 3.8) is 0 Å². The van der Waals surface area contributed by atoms with E-state index in [1.807, 2.05) is 0 Å². The molecule has 2 aromatic rings. The summed E-state index contributed by atoms with van der Waals surface area (Å²) in [6, 6.07) is 6.20. The number of carbonyl (C=O) groups excluding carboxylic acids is 3. The Morgan fingerprint density at radius 3 is 1.69 bits per heavy atom. The first-order valence-corrected chi connectivity index (χ1v) is 9.27. The molecule has 2 rings (SSSR count). The fourth-order valence-corrected chi connectivity index (χ4v) is 2.59. The molecule has 0 bridgehead atoms. The standard InChI is InChI=1S/C13H13NO7.C8H6FNO4/c1-7(15)11(13(17)21-3)9-5-4-8(12(16)20-2)6-10(9)14(18)19;1-14-8(11)5-2-3-6(9)7(4-5)10(12)13/h4-6,15H,1-3H3;2-4H,1H3/b11-7-;. The number of nitro groups is 2. The van der Waals surface area contributed by atoms with Crippen LogP contribution in [0.4, 0.5) is 15.8 Å². The normalized spacial score (nSPS) is 10.7. The van der Waals surface area contributed by atoms with Gasteiger partial charge in [-0.05, 0) is 31.2 Å². The van der Waals surface area contributed by atoms with Crippen LogP contribution in [0.5, 0.6) is 0 Å². The van der Waals surface area contributed by atoms with Crippen LogP contribution in [0.1, 0.15) is 33.2 Å². The molecule has 0 saturated heterocycles. The topological polar surface area (TPSA) is 185 Å². The van der Waals surface area contributed by atoms with E-state index in [4.69, 9.17) is 0 Å². The molecule has 0 fully saturated rings. The van der Waals surface area contributed by atoms with E-state index in [0.717, 1.165) is 45.6 Å². The number of nitro benzene ring substituents is 2. The Kier molecular flexibility index (Phi) is 9.96. The zero-order valence-corrected chi connectivity index (χ0v) is 18.8. The van der Waals surface area contributed by atoms with Crippen LogP contribution in [0.3, 0.4) is 0 Å². The molecule has 0 aromatic heterocycles. The van der Waals surface area contributed by atoms with E-state index in [9.17, 15) is 44.1 Å². The monoisotopic (exact) mass is 494 g/mol. The van der Waals surface area contributed by atoms with E-state index < -0.39 is 50.7 Å². The smallest absolute Gasteiger partial charge is 0.342 e. The lowest BCUT2D eigenvalue weighted by Crippen LogP contribution is -2.10. The van der Waals surface area contributed by atoms with Crippen molar-refractivity contribution in [2.45, 2.75) is 6.92 Å². The maximum atomic E-state index is 12.8. The molecular formula is C21H19FN2O11. The Balaban J connectivity index is 0.000000379. The van der Waals surface area contributed by atoms with Gasteiger partial charge in [0.15, 0.2) is 0 Å². The van der Waals surface area contributed by atoms with Crippen LogP contribution in [0, 0.1) is 26.0 Å². The quantitative estimate of drug-likeness (QED) is 0.155. The number of rotatable bonds is 6. The van der Waals surface area contributed by atoms with E-state index >= 15 is 0 Å². The Bertz CT molecular complexity index is 1200. The highest BCUT2D eigenvalue weighted by Gasteiger charge is 2.26.